The van der Waals surface area contributed by atoms with Gasteiger partial charge in [-0.2, -0.15) is 0 Å². The molecule has 1 aliphatic rings. The number of thioether (sulfide) groups is 1. The molecule has 3 aromatic carbocycles. The highest BCUT2D eigenvalue weighted by Crippen LogP contribution is 2.50. The number of nitrogens with one attached hydrogen (secondary N) is 1. The standard InChI is InChI=1S/C35H42N2O2S/c1-8-36-33(39)26-14-9-24(10-15-26)13-18-30(38)27-21-29-32(35(4,5)20-19-34(29,2)3)31(22-27)40-23-25-11-16-28(17-12-25)37(6)7/h9-12,14-17,21-22,30,38H,8,19-20,23H2,1-7H3,(H,36,39). The molecule has 1 aliphatic carbocycles. The highest BCUT2D eigenvalue weighted by Gasteiger charge is 2.39. The predicted molar refractivity (Wildman–Crippen MR) is 168 cm³/mol. The molecule has 4 rings (SSSR count). The van der Waals surface area contributed by atoms with E-state index in [9.17, 15) is 9.90 Å². The third-order valence-electron chi connectivity index (χ3n) is 7.91. The SMILES string of the molecule is CCNC(=O)c1ccc(C#CC(O)c2cc(SCc3ccc(N(C)C)cc3)c3c(c2)C(C)(C)CCC3(C)C)cc1. The number of rotatable bonds is 7. The molecule has 4 nitrogen and oxygen atoms in total. The van der Waals surface area contributed by atoms with Gasteiger partial charge in [-0.05, 0) is 95.3 Å². The number of benzene rings is 3. The minimum Gasteiger partial charge on any atom is -0.378 e. The Kier molecular flexibility index (Phi) is 9.02. The number of hydrogen-bond acceptors (Lipinski definition) is 4. The van der Waals surface area contributed by atoms with Gasteiger partial charge < -0.3 is 15.3 Å². The molecule has 0 heterocycles. The maximum absolute atomic E-state index is 12.0. The van der Waals surface area contributed by atoms with Crippen molar-refractivity contribution in [3.8, 4) is 11.8 Å². The van der Waals surface area contributed by atoms with Crippen LogP contribution in [-0.2, 0) is 16.6 Å². The Morgan fingerprint density at radius 2 is 1.65 bits per heavy atom. The van der Waals surface area contributed by atoms with Crippen LogP contribution >= 0.6 is 11.8 Å². The largest absolute Gasteiger partial charge is 0.378 e. The summed E-state index contributed by atoms with van der Waals surface area (Å²) in [5.74, 6) is 6.92. The van der Waals surface area contributed by atoms with Crippen LogP contribution in [0.3, 0.4) is 0 Å². The first-order valence-electron chi connectivity index (χ1n) is 14.1. The fourth-order valence-electron chi connectivity index (χ4n) is 5.28. The van der Waals surface area contributed by atoms with E-state index in [2.05, 4.69) is 100 Å². The quantitative estimate of drug-likeness (QED) is 0.239. The smallest absolute Gasteiger partial charge is 0.251 e. The highest BCUT2D eigenvalue weighted by atomic mass is 32.2. The van der Waals surface area contributed by atoms with Crippen molar-refractivity contribution in [3.63, 3.8) is 0 Å². The van der Waals surface area contributed by atoms with Crippen LogP contribution in [0.2, 0.25) is 0 Å². The summed E-state index contributed by atoms with van der Waals surface area (Å²) in [7, 11) is 4.11. The van der Waals surface area contributed by atoms with E-state index in [0.29, 0.717) is 12.1 Å². The third-order valence-corrected chi connectivity index (χ3v) is 9.02. The van der Waals surface area contributed by atoms with E-state index in [0.717, 1.165) is 29.7 Å². The topological polar surface area (TPSA) is 52.6 Å². The lowest BCUT2D eigenvalue weighted by Crippen LogP contribution is -2.34. The summed E-state index contributed by atoms with van der Waals surface area (Å²) in [6.07, 6.45) is 1.33. The summed E-state index contributed by atoms with van der Waals surface area (Å²) in [6, 6.07) is 20.2. The molecule has 0 spiro atoms. The van der Waals surface area contributed by atoms with Gasteiger partial charge >= 0.3 is 0 Å². The van der Waals surface area contributed by atoms with Crippen LogP contribution in [0.4, 0.5) is 5.69 Å². The molecular formula is C35H42N2O2S. The van der Waals surface area contributed by atoms with E-state index in [1.54, 1.807) is 12.1 Å². The van der Waals surface area contributed by atoms with Crippen molar-refractivity contribution in [2.75, 3.05) is 25.5 Å². The van der Waals surface area contributed by atoms with E-state index in [1.165, 1.54) is 27.3 Å². The van der Waals surface area contributed by atoms with E-state index in [-0.39, 0.29) is 16.7 Å². The number of carbonyl (C=O) groups excluding carboxylic acids is 1. The van der Waals surface area contributed by atoms with Crippen LogP contribution in [-0.4, -0.2) is 31.7 Å². The zero-order valence-corrected chi connectivity index (χ0v) is 25.7. The molecule has 0 aromatic heterocycles. The van der Waals surface area contributed by atoms with Gasteiger partial charge in [0, 0.05) is 48.1 Å². The van der Waals surface area contributed by atoms with Gasteiger partial charge in [-0.1, -0.05) is 57.7 Å². The van der Waals surface area contributed by atoms with Gasteiger partial charge in [-0.25, -0.2) is 0 Å². The van der Waals surface area contributed by atoms with Crippen molar-refractivity contribution in [1.29, 1.82) is 0 Å². The van der Waals surface area contributed by atoms with Gasteiger partial charge in [0.2, 0.25) is 0 Å². The van der Waals surface area contributed by atoms with Crippen molar-refractivity contribution in [3.05, 3.63) is 94.0 Å². The molecule has 1 unspecified atom stereocenters. The monoisotopic (exact) mass is 554 g/mol. The number of fused-ring (bicyclic) bond motifs is 1. The minimum absolute atomic E-state index is 0.0194. The Morgan fingerprint density at radius 1 is 1.00 bits per heavy atom. The fraction of sp³-hybridized carbons (Fsp3) is 0.400. The van der Waals surface area contributed by atoms with Crippen LogP contribution in [0.15, 0.2) is 65.6 Å². The second-order valence-electron chi connectivity index (χ2n) is 12.2. The van der Waals surface area contributed by atoms with Crippen molar-refractivity contribution in [2.45, 2.75) is 75.0 Å². The summed E-state index contributed by atoms with van der Waals surface area (Å²) in [4.78, 5) is 15.4. The van der Waals surface area contributed by atoms with Crippen molar-refractivity contribution in [2.24, 2.45) is 0 Å². The molecule has 0 radical (unpaired) electrons. The molecule has 0 saturated heterocycles. The number of hydrogen-bond donors (Lipinski definition) is 2. The second kappa shape index (κ2) is 12.1. The van der Waals surface area contributed by atoms with Crippen LogP contribution in [0.25, 0.3) is 0 Å². The number of carbonyl (C=O) groups is 1. The molecular weight excluding hydrogens is 512 g/mol. The number of nitrogens with zero attached hydrogens (tertiary/aromatic N) is 1. The fourth-order valence-corrected chi connectivity index (χ4v) is 6.54. The second-order valence-corrected chi connectivity index (χ2v) is 13.2. The van der Waals surface area contributed by atoms with E-state index >= 15 is 0 Å². The van der Waals surface area contributed by atoms with Crippen molar-refractivity contribution >= 4 is 23.4 Å². The minimum atomic E-state index is -0.909. The Hall–Kier alpha value is -3.20. The predicted octanol–water partition coefficient (Wildman–Crippen LogP) is 7.23. The first-order chi connectivity index (χ1) is 18.9. The number of aliphatic hydroxyl groups is 1. The summed E-state index contributed by atoms with van der Waals surface area (Å²) in [5.41, 5.74) is 7.47. The van der Waals surface area contributed by atoms with Crippen molar-refractivity contribution in [1.82, 2.24) is 5.32 Å². The molecule has 1 atom stereocenters. The zero-order valence-electron chi connectivity index (χ0n) is 24.9. The van der Waals surface area contributed by atoms with Crippen LogP contribution in [0.5, 0.6) is 0 Å². The van der Waals surface area contributed by atoms with Crippen LogP contribution in [0, 0.1) is 11.8 Å². The molecule has 5 heteroatoms. The Balaban J connectivity index is 1.65. The Morgan fingerprint density at radius 3 is 2.27 bits per heavy atom. The molecule has 2 N–H and O–H groups in total. The van der Waals surface area contributed by atoms with Gasteiger partial charge in [-0.15, -0.1) is 11.8 Å². The van der Waals surface area contributed by atoms with E-state index < -0.39 is 6.10 Å². The number of anilines is 1. The van der Waals surface area contributed by atoms with Gasteiger partial charge in [0.1, 0.15) is 6.10 Å². The molecule has 210 valence electrons. The molecule has 3 aromatic rings. The molecule has 0 bridgehead atoms. The van der Waals surface area contributed by atoms with Gasteiger partial charge in [-0.3, -0.25) is 4.79 Å². The summed E-state index contributed by atoms with van der Waals surface area (Å²) in [5, 5.41) is 14.0. The lowest BCUT2D eigenvalue weighted by Gasteiger charge is -2.43. The molecule has 40 heavy (non-hydrogen) atoms. The van der Waals surface area contributed by atoms with E-state index in [1.807, 2.05) is 30.8 Å². The van der Waals surface area contributed by atoms with Gasteiger partial charge in [0.25, 0.3) is 5.91 Å². The van der Waals surface area contributed by atoms with Gasteiger partial charge in [0.15, 0.2) is 0 Å². The molecule has 1 amide bonds. The molecule has 0 fully saturated rings. The first kappa shape index (κ1) is 29.8. The average molecular weight is 555 g/mol. The Bertz CT molecular complexity index is 1410. The highest BCUT2D eigenvalue weighted by molar-refractivity contribution is 7.98. The van der Waals surface area contributed by atoms with Crippen LogP contribution < -0.4 is 10.2 Å². The van der Waals surface area contributed by atoms with Gasteiger partial charge in [0.05, 0.1) is 0 Å². The van der Waals surface area contributed by atoms with E-state index in [4.69, 9.17) is 0 Å². The summed E-state index contributed by atoms with van der Waals surface area (Å²) in [6.45, 7) is 11.8. The number of amides is 1. The maximum atomic E-state index is 12.0. The first-order valence-corrected chi connectivity index (χ1v) is 15.1. The Labute approximate surface area is 244 Å². The van der Waals surface area contributed by atoms with Crippen LogP contribution in [0.1, 0.15) is 91.7 Å². The van der Waals surface area contributed by atoms with Crippen molar-refractivity contribution < 1.29 is 9.90 Å². The lowest BCUT2D eigenvalue weighted by molar-refractivity contribution is 0.0956. The number of aliphatic hydroxyl groups excluding tert-OH is 1. The maximum Gasteiger partial charge on any atom is 0.251 e. The average Bonchev–Trinajstić information content (AvgIpc) is 2.93. The lowest BCUT2D eigenvalue weighted by atomic mass is 9.63. The zero-order chi connectivity index (χ0) is 29.1. The summed E-state index contributed by atoms with van der Waals surface area (Å²) < 4.78 is 0. The third kappa shape index (κ3) is 6.74. The normalized spacial score (nSPS) is 15.8. The summed E-state index contributed by atoms with van der Waals surface area (Å²) >= 11 is 1.85. The molecule has 0 aliphatic heterocycles. The molecule has 0 saturated carbocycles.